The molecule has 0 aliphatic heterocycles. The van der Waals surface area contributed by atoms with Crippen LogP contribution in [0.25, 0.3) is 0 Å². The molecule has 0 radical (unpaired) electrons. The summed E-state index contributed by atoms with van der Waals surface area (Å²) in [7, 11) is 3.24. The Morgan fingerprint density at radius 2 is 1.68 bits per heavy atom. The second kappa shape index (κ2) is 18.7. The second-order valence-electron chi connectivity index (χ2n) is 12.9. The number of carbonyl (C=O) groups excluding carboxylic acids is 2. The maximum atomic E-state index is 13.2. The topological polar surface area (TPSA) is 161 Å². The van der Waals surface area contributed by atoms with Gasteiger partial charge in [0, 0.05) is 39.1 Å². The zero-order valence-electron chi connectivity index (χ0n) is 28.2. The molecule has 0 saturated heterocycles. The molecule has 11 nitrogen and oxygen atoms in total. The molecule has 0 unspecified atom stereocenters. The summed E-state index contributed by atoms with van der Waals surface area (Å²) in [6.07, 6.45) is -0.377. The van der Waals surface area contributed by atoms with Gasteiger partial charge in [-0.3, -0.25) is 9.59 Å². The fourth-order valence-corrected chi connectivity index (χ4v) is 5.18. The highest BCUT2D eigenvalue weighted by atomic mass is 16.5. The van der Waals surface area contributed by atoms with Crippen LogP contribution in [0.3, 0.4) is 0 Å². The number of amides is 3. The number of aliphatic hydroxyl groups excluding tert-OH is 1. The summed E-state index contributed by atoms with van der Waals surface area (Å²) in [5.74, 6) is -0.120. The lowest BCUT2D eigenvalue weighted by atomic mass is 9.80. The minimum Gasteiger partial charge on any atom is -0.493 e. The lowest BCUT2D eigenvalue weighted by Crippen LogP contribution is -2.50. The highest BCUT2D eigenvalue weighted by molar-refractivity contribution is 5.83. The quantitative estimate of drug-likeness (QED) is 0.147. The molecule has 0 spiro atoms. The van der Waals surface area contributed by atoms with E-state index in [0.29, 0.717) is 37.6 Å². The first kappa shape index (κ1) is 39.0. The lowest BCUT2D eigenvalue weighted by Gasteiger charge is -2.37. The highest BCUT2D eigenvalue weighted by Gasteiger charge is 2.36. The number of rotatable bonds is 21. The van der Waals surface area contributed by atoms with Gasteiger partial charge in [0.15, 0.2) is 11.5 Å². The predicted octanol–water partition coefficient (Wildman–Crippen LogP) is 4.33. The number of primary amides is 1. The van der Waals surface area contributed by atoms with Crippen molar-refractivity contribution in [1.82, 2.24) is 10.2 Å². The molecular formula is C33H57N3O8. The van der Waals surface area contributed by atoms with Crippen molar-refractivity contribution in [1.29, 1.82) is 0 Å². The van der Waals surface area contributed by atoms with Crippen LogP contribution in [-0.4, -0.2) is 85.7 Å². The molecule has 0 saturated carbocycles. The van der Waals surface area contributed by atoms with E-state index in [9.17, 15) is 24.6 Å². The number of nitrogens with one attached hydrogen (secondary N) is 1. The van der Waals surface area contributed by atoms with Crippen LogP contribution in [0.4, 0.5) is 4.79 Å². The normalized spacial score (nSPS) is 14.5. The van der Waals surface area contributed by atoms with Gasteiger partial charge in [0.25, 0.3) is 0 Å². The summed E-state index contributed by atoms with van der Waals surface area (Å²) in [6, 6.07) is 5.06. The number of benzene rings is 1. The maximum Gasteiger partial charge on any atom is 0.407 e. The molecule has 11 heteroatoms. The Kier molecular flexibility index (Phi) is 16.6. The van der Waals surface area contributed by atoms with Gasteiger partial charge in [-0.1, -0.05) is 33.8 Å². The fourth-order valence-electron chi connectivity index (χ4n) is 5.18. The number of ether oxygens (including phenoxy) is 3. The van der Waals surface area contributed by atoms with Crippen molar-refractivity contribution in [3.8, 4) is 11.5 Å². The molecule has 0 heterocycles. The van der Waals surface area contributed by atoms with E-state index in [4.69, 9.17) is 19.9 Å². The third-order valence-corrected chi connectivity index (χ3v) is 8.40. The van der Waals surface area contributed by atoms with Crippen molar-refractivity contribution in [2.75, 3.05) is 40.5 Å². The summed E-state index contributed by atoms with van der Waals surface area (Å²) in [5, 5.41) is 24.5. The third kappa shape index (κ3) is 12.1. The smallest absolute Gasteiger partial charge is 0.407 e. The van der Waals surface area contributed by atoms with E-state index in [-0.39, 0.29) is 43.2 Å². The number of carbonyl (C=O) groups is 3. The van der Waals surface area contributed by atoms with E-state index in [0.717, 1.165) is 12.0 Å². The first-order valence-electron chi connectivity index (χ1n) is 15.6. The molecule has 1 rings (SSSR count). The maximum absolute atomic E-state index is 13.2. The largest absolute Gasteiger partial charge is 0.493 e. The van der Waals surface area contributed by atoms with Crippen molar-refractivity contribution in [2.24, 2.45) is 34.8 Å². The summed E-state index contributed by atoms with van der Waals surface area (Å²) < 4.78 is 16.6. The van der Waals surface area contributed by atoms with Gasteiger partial charge < -0.3 is 40.4 Å². The molecular weight excluding hydrogens is 566 g/mol. The van der Waals surface area contributed by atoms with Crippen molar-refractivity contribution in [3.63, 3.8) is 0 Å². The van der Waals surface area contributed by atoms with E-state index in [1.165, 1.54) is 4.90 Å². The Hall–Kier alpha value is -3.05. The number of hydrogen-bond acceptors (Lipinski definition) is 7. The molecule has 0 bridgehead atoms. The number of carboxylic acid groups (broad SMARTS) is 1. The Bertz CT molecular complexity index is 1050. The zero-order chi connectivity index (χ0) is 33.6. The number of nitrogens with zero attached hydrogens (tertiary/aromatic N) is 1. The molecule has 0 fully saturated rings. The van der Waals surface area contributed by atoms with E-state index in [2.05, 4.69) is 19.2 Å². The monoisotopic (exact) mass is 623 g/mol. The van der Waals surface area contributed by atoms with E-state index in [1.54, 1.807) is 35.0 Å². The van der Waals surface area contributed by atoms with Gasteiger partial charge in [-0.15, -0.1) is 0 Å². The standard InChI is InChI=1S/C33H57N3O8/c1-10-36(32(40)41)26(27(37)19-25(22(4)5)30(38)35-20-33(6,7)31(34)39)18-24(21(2)3)16-23-12-13-28(43-9)29(17-23)44-15-11-14-42-8/h12-13,17,21-22,24-27,37H,10-11,14-16,18-20H2,1-9H3,(H2,34,39)(H,35,38)(H,40,41)/t24-,25-,26-,27-/m0/s1. The van der Waals surface area contributed by atoms with Gasteiger partial charge in [0.05, 0.1) is 31.3 Å². The van der Waals surface area contributed by atoms with E-state index >= 15 is 0 Å². The lowest BCUT2D eigenvalue weighted by molar-refractivity contribution is -0.130. The molecule has 252 valence electrons. The average molecular weight is 624 g/mol. The number of hydrogen-bond donors (Lipinski definition) is 4. The van der Waals surface area contributed by atoms with Gasteiger partial charge >= 0.3 is 6.09 Å². The molecule has 0 aromatic heterocycles. The molecule has 0 aliphatic rings. The van der Waals surface area contributed by atoms with E-state index < -0.39 is 35.5 Å². The minimum absolute atomic E-state index is 0.0143. The third-order valence-electron chi connectivity index (χ3n) is 8.40. The predicted molar refractivity (Wildman–Crippen MR) is 171 cm³/mol. The van der Waals surface area contributed by atoms with Crippen LogP contribution in [0.1, 0.15) is 73.3 Å². The van der Waals surface area contributed by atoms with Crippen molar-refractivity contribution < 1.29 is 38.8 Å². The molecule has 4 atom stereocenters. The minimum atomic E-state index is -1.12. The van der Waals surface area contributed by atoms with Crippen LogP contribution in [0, 0.1) is 29.1 Å². The van der Waals surface area contributed by atoms with Crippen LogP contribution >= 0.6 is 0 Å². The fraction of sp³-hybridized carbons (Fsp3) is 0.727. The van der Waals surface area contributed by atoms with Crippen LogP contribution in [0.5, 0.6) is 11.5 Å². The van der Waals surface area contributed by atoms with Gasteiger partial charge in [-0.25, -0.2) is 4.79 Å². The van der Waals surface area contributed by atoms with Crippen LogP contribution in [-0.2, 0) is 20.7 Å². The van der Waals surface area contributed by atoms with Gasteiger partial charge in [0.1, 0.15) is 0 Å². The van der Waals surface area contributed by atoms with Crippen molar-refractivity contribution in [2.45, 2.75) is 86.3 Å². The Morgan fingerprint density at radius 3 is 2.18 bits per heavy atom. The summed E-state index contributed by atoms with van der Waals surface area (Å²) in [4.78, 5) is 38.6. The highest BCUT2D eigenvalue weighted by Crippen LogP contribution is 2.33. The first-order valence-corrected chi connectivity index (χ1v) is 15.6. The van der Waals surface area contributed by atoms with E-state index in [1.807, 2.05) is 32.0 Å². The summed E-state index contributed by atoms with van der Waals surface area (Å²) in [6.45, 7) is 14.3. The number of likely N-dealkylation sites (N-methyl/N-ethyl adjacent to an activating group) is 1. The Balaban J connectivity index is 3.25. The number of methoxy groups -OCH3 is 2. The molecule has 5 N–H and O–H groups in total. The number of nitrogens with two attached hydrogens (primary N) is 1. The first-order chi connectivity index (χ1) is 20.6. The van der Waals surface area contributed by atoms with Crippen molar-refractivity contribution >= 4 is 17.9 Å². The average Bonchev–Trinajstić information content (AvgIpc) is 2.95. The Morgan fingerprint density at radius 1 is 1.02 bits per heavy atom. The molecule has 1 aromatic rings. The Labute approximate surface area is 263 Å². The summed E-state index contributed by atoms with van der Waals surface area (Å²) >= 11 is 0. The second-order valence-corrected chi connectivity index (χ2v) is 12.9. The van der Waals surface area contributed by atoms with Gasteiger partial charge in [-0.2, -0.15) is 0 Å². The molecule has 0 aliphatic carbocycles. The molecule has 3 amide bonds. The zero-order valence-corrected chi connectivity index (χ0v) is 28.2. The van der Waals surface area contributed by atoms with Crippen LogP contribution in [0.2, 0.25) is 0 Å². The SMILES string of the molecule is CCN(C(=O)O)[C@@H](C[C@H](Cc1ccc(OC)c(OCCCOC)c1)C(C)C)[C@@H](O)C[C@H](C(=O)NCC(C)(C)C(N)=O)C(C)C. The van der Waals surface area contributed by atoms with Gasteiger partial charge in [-0.05, 0) is 75.5 Å². The van der Waals surface area contributed by atoms with Gasteiger partial charge in [0.2, 0.25) is 11.8 Å². The molecule has 1 aromatic carbocycles. The summed E-state index contributed by atoms with van der Waals surface area (Å²) in [5.41, 5.74) is 5.54. The van der Waals surface area contributed by atoms with Crippen LogP contribution in [0.15, 0.2) is 18.2 Å². The number of aliphatic hydroxyl groups is 1. The van der Waals surface area contributed by atoms with Crippen molar-refractivity contribution in [3.05, 3.63) is 23.8 Å². The van der Waals surface area contributed by atoms with Crippen LogP contribution < -0.4 is 20.5 Å². The molecule has 44 heavy (non-hydrogen) atoms.